The number of benzene rings is 1. The van der Waals surface area contributed by atoms with E-state index in [1.54, 1.807) is 43.9 Å². The molecule has 2 aromatic rings. The lowest BCUT2D eigenvalue weighted by atomic mass is 10.0. The maximum atomic E-state index is 13.6. The maximum absolute atomic E-state index is 13.6. The third kappa shape index (κ3) is 16.2. The van der Waals surface area contributed by atoms with Gasteiger partial charge in [-0.1, -0.05) is 69.6 Å². The number of allylic oxidation sites excluding steroid dienone is 8. The lowest BCUT2D eigenvalue weighted by molar-refractivity contribution is -0.304. The van der Waals surface area contributed by atoms with E-state index in [1.807, 2.05) is 81.1 Å². The minimum atomic E-state index is -1.03. The summed E-state index contributed by atoms with van der Waals surface area (Å²) in [6, 6.07) is 8.25. The van der Waals surface area contributed by atoms with Gasteiger partial charge in [-0.25, -0.2) is 14.8 Å². The first-order chi connectivity index (χ1) is 33.0. The molecule has 3 aliphatic rings. The van der Waals surface area contributed by atoms with Crippen LogP contribution < -0.4 is 37.0 Å². The molecule has 5 rings (SSSR count). The van der Waals surface area contributed by atoms with Crippen LogP contribution in [-0.4, -0.2) is 118 Å². The van der Waals surface area contributed by atoms with Crippen LogP contribution in [0.25, 0.3) is 0 Å². The van der Waals surface area contributed by atoms with Crippen molar-refractivity contribution in [2.45, 2.75) is 85.0 Å². The number of carbonyl (C=O) groups excluding carboxylic acids is 7. The van der Waals surface area contributed by atoms with Crippen molar-refractivity contribution in [3.05, 3.63) is 138 Å². The molecule has 1 aromatic carbocycles. The number of carbonyl (C=O) groups is 7. The SMILES string of the molecule is CCCN1C=CC(=C2C=CN(CC(=O)N[C@@H](C)C(=O)N[C@@H](CC(C)C)C(=O)N=C3C=CC(c4ccc(C(=O)N[C@H](C(=O)N[C@@H](Cc5ccccc5)C(=O)NCC([NH3+])=O)C(C)C)cn4)=[N+]=C3)C=C2)C=C1. The molecule has 1 aromatic heterocycles. The van der Waals surface area contributed by atoms with Crippen LogP contribution in [0.1, 0.15) is 76.0 Å². The Kier molecular flexibility index (Phi) is 19.2. The number of hydrogen-bond donors (Lipinski definition) is 6. The molecule has 8 N–H and O–H groups in total. The number of amides is 7. The van der Waals surface area contributed by atoms with Crippen LogP contribution >= 0.6 is 0 Å². The predicted molar refractivity (Wildman–Crippen MR) is 263 cm³/mol. The summed E-state index contributed by atoms with van der Waals surface area (Å²) in [6.07, 6.45) is 23.1. The first-order valence-electron chi connectivity index (χ1n) is 23.0. The molecule has 4 heterocycles. The van der Waals surface area contributed by atoms with Gasteiger partial charge in [-0.3, -0.25) is 34.5 Å². The van der Waals surface area contributed by atoms with Crippen molar-refractivity contribution in [2.24, 2.45) is 16.8 Å². The van der Waals surface area contributed by atoms with Crippen molar-refractivity contribution < 1.29 is 39.3 Å². The molecule has 0 spiro atoms. The fourth-order valence-electron chi connectivity index (χ4n) is 7.20. The Hall–Kier alpha value is -7.82. The monoisotopic (exact) mass is 941 g/mol. The van der Waals surface area contributed by atoms with Gasteiger partial charge in [0, 0.05) is 50.0 Å². The minimum Gasteiger partial charge on any atom is -0.354 e. The van der Waals surface area contributed by atoms with Gasteiger partial charge in [-0.15, -0.1) is 0 Å². The Bertz CT molecular complexity index is 2500. The number of nitrogens with zero attached hydrogens (tertiary/aromatic N) is 5. The molecule has 0 fully saturated rings. The van der Waals surface area contributed by atoms with E-state index in [0.717, 1.165) is 29.7 Å². The summed E-state index contributed by atoms with van der Waals surface area (Å²) < 4.78 is 4.42. The summed E-state index contributed by atoms with van der Waals surface area (Å²) >= 11 is 0. The number of aliphatic imine (C=N–C) groups is 1. The standard InChI is InChI=1S/C51H61N11O7/c1-7-21-61-22-17-36(18-23-61)37-19-24-62(25-20-37)31-45(64)56-34(6)47(65)58-42(26-32(2)3)50(68)57-39-14-16-41(54-29-39)40-15-13-38(28-53-40)48(66)60-46(33(4)5)51(69)59-43(49(67)55-30-44(52)63)27-35-11-9-8-10-12-35/h8-20,22-25,28-29,32-34,42-43,46H,7,21,26-27,30-31H2,1-6H3,(H6-,52,55,56,58,59,60,63,64,65,66,67,69)/p+2/t34-,42-,43-,46-/m0/s1. The summed E-state index contributed by atoms with van der Waals surface area (Å²) in [7, 11) is 0. The molecule has 7 amide bonds. The van der Waals surface area contributed by atoms with E-state index in [9.17, 15) is 33.6 Å². The summed E-state index contributed by atoms with van der Waals surface area (Å²) in [4.78, 5) is 104. The van der Waals surface area contributed by atoms with E-state index >= 15 is 0 Å². The van der Waals surface area contributed by atoms with Crippen LogP contribution in [0, 0.1) is 11.8 Å². The second kappa shape index (κ2) is 25.4. The molecule has 18 nitrogen and oxygen atoms in total. The Balaban J connectivity index is 1.15. The molecule has 0 unspecified atom stereocenters. The molecule has 0 aliphatic carbocycles. The number of hydrogen-bond acceptors (Lipinski definition) is 10. The molecule has 4 atom stereocenters. The van der Waals surface area contributed by atoms with Gasteiger partial charge in [0.15, 0.2) is 5.69 Å². The van der Waals surface area contributed by atoms with Crippen LogP contribution in [0.2, 0.25) is 0 Å². The van der Waals surface area contributed by atoms with Crippen molar-refractivity contribution in [1.29, 1.82) is 0 Å². The minimum absolute atomic E-state index is 0.00576. The summed E-state index contributed by atoms with van der Waals surface area (Å²) in [5.41, 5.74) is 7.39. The van der Waals surface area contributed by atoms with Crippen molar-refractivity contribution in [2.75, 3.05) is 19.6 Å². The highest BCUT2D eigenvalue weighted by molar-refractivity contribution is 6.40. The first kappa shape index (κ1) is 52.2. The number of rotatable bonds is 21. The van der Waals surface area contributed by atoms with E-state index in [4.69, 9.17) is 0 Å². The van der Waals surface area contributed by atoms with E-state index in [-0.39, 0.29) is 48.5 Å². The van der Waals surface area contributed by atoms with E-state index in [1.165, 1.54) is 18.5 Å². The Morgan fingerprint density at radius 1 is 0.739 bits per heavy atom. The van der Waals surface area contributed by atoms with Crippen molar-refractivity contribution >= 4 is 59.0 Å². The zero-order valence-corrected chi connectivity index (χ0v) is 40.0. The van der Waals surface area contributed by atoms with Crippen LogP contribution in [0.4, 0.5) is 0 Å². The maximum Gasteiger partial charge on any atom is 0.352 e. The Labute approximate surface area is 402 Å². The molecule has 0 bridgehead atoms. The van der Waals surface area contributed by atoms with Gasteiger partial charge in [0.25, 0.3) is 11.8 Å². The van der Waals surface area contributed by atoms with Gasteiger partial charge in [0.05, 0.1) is 5.56 Å². The average molecular weight is 942 g/mol. The third-order valence-corrected chi connectivity index (χ3v) is 10.9. The predicted octanol–water partition coefficient (Wildman–Crippen LogP) is 1.34. The summed E-state index contributed by atoms with van der Waals surface area (Å²) in [6.45, 7) is 11.7. The van der Waals surface area contributed by atoms with Gasteiger partial charge in [-0.05, 0) is 90.8 Å². The highest BCUT2D eigenvalue weighted by atomic mass is 16.2. The molecule has 0 radical (unpaired) electrons. The van der Waals surface area contributed by atoms with Crippen LogP contribution in [-0.2, 0) is 35.2 Å². The molecule has 362 valence electrons. The van der Waals surface area contributed by atoms with Crippen LogP contribution in [0.5, 0.6) is 0 Å². The largest absolute Gasteiger partial charge is 0.354 e. The lowest BCUT2D eigenvalue weighted by Crippen LogP contribution is -2.62. The molecule has 0 saturated heterocycles. The summed E-state index contributed by atoms with van der Waals surface area (Å²) in [5, 5.41) is 13.5. The number of quaternary nitrogens is 1. The Morgan fingerprint density at radius 3 is 1.96 bits per heavy atom. The first-order valence-corrected chi connectivity index (χ1v) is 23.0. The normalized spacial score (nSPS) is 16.2. The van der Waals surface area contributed by atoms with Gasteiger partial charge >= 0.3 is 17.8 Å². The molecule has 3 aliphatic heterocycles. The molecular weight excluding hydrogens is 879 g/mol. The number of nitrogens with one attached hydrogen (secondary N) is 5. The van der Waals surface area contributed by atoms with Crippen molar-refractivity contribution in [3.8, 4) is 0 Å². The second-order valence-electron chi connectivity index (χ2n) is 17.6. The lowest BCUT2D eigenvalue weighted by Gasteiger charge is -2.25. The van der Waals surface area contributed by atoms with Crippen molar-refractivity contribution in [3.63, 3.8) is 0 Å². The van der Waals surface area contributed by atoms with Gasteiger partial charge < -0.3 is 36.4 Å². The third-order valence-electron chi connectivity index (χ3n) is 10.9. The number of pyridine rings is 1. The zero-order chi connectivity index (χ0) is 50.0. The van der Waals surface area contributed by atoms with E-state index < -0.39 is 59.6 Å². The average Bonchev–Trinajstić information content (AvgIpc) is 3.32. The molecule has 18 heteroatoms. The molecule has 0 saturated carbocycles. The fraction of sp³-hybridized carbons (Fsp3) is 0.353. The number of aromatic nitrogens is 1. The van der Waals surface area contributed by atoms with Gasteiger partial charge in [-0.2, -0.15) is 0 Å². The second-order valence-corrected chi connectivity index (χ2v) is 17.6. The van der Waals surface area contributed by atoms with Crippen LogP contribution in [0.15, 0.2) is 126 Å². The molecular formula is C51H63N11O7+2. The highest BCUT2D eigenvalue weighted by Gasteiger charge is 2.31. The zero-order valence-electron chi connectivity index (χ0n) is 40.0. The van der Waals surface area contributed by atoms with Crippen molar-refractivity contribution in [1.82, 2.24) is 46.0 Å². The Morgan fingerprint density at radius 2 is 1.39 bits per heavy atom. The van der Waals surface area contributed by atoms with E-state index in [0.29, 0.717) is 17.8 Å². The topological polar surface area (TPSA) is 253 Å². The van der Waals surface area contributed by atoms with E-state index in [2.05, 4.69) is 70.9 Å². The fourth-order valence-corrected chi connectivity index (χ4v) is 7.20. The van der Waals surface area contributed by atoms with Gasteiger partial charge in [0.1, 0.15) is 43.0 Å². The smallest absolute Gasteiger partial charge is 0.352 e. The highest BCUT2D eigenvalue weighted by Crippen LogP contribution is 2.20. The van der Waals surface area contributed by atoms with Crippen LogP contribution in [0.3, 0.4) is 0 Å². The quantitative estimate of drug-likeness (QED) is 0.0981. The summed E-state index contributed by atoms with van der Waals surface area (Å²) in [5.74, 6) is -4.02. The van der Waals surface area contributed by atoms with Gasteiger partial charge in [0.2, 0.25) is 23.6 Å². The molecule has 69 heavy (non-hydrogen) atoms.